The Balaban J connectivity index is 2.71. The molecule has 1 rings (SSSR count). The number of rotatable bonds is 6. The third-order valence-electron chi connectivity index (χ3n) is 2.13. The number of halogens is 3. The van der Waals surface area contributed by atoms with E-state index in [1.165, 1.54) is 14.2 Å². The van der Waals surface area contributed by atoms with Crippen LogP contribution in [0.25, 0.3) is 0 Å². The fourth-order valence-corrected chi connectivity index (χ4v) is 2.81. The molecular formula is C10H12Cl3O4P. The number of benzene rings is 1. The highest BCUT2D eigenvalue weighted by atomic mass is 35.5. The van der Waals surface area contributed by atoms with Gasteiger partial charge in [-0.05, 0) is 17.7 Å². The zero-order valence-electron chi connectivity index (χ0n) is 9.73. The van der Waals surface area contributed by atoms with Gasteiger partial charge in [0.15, 0.2) is 0 Å². The number of hydrogen-bond acceptors (Lipinski definition) is 4. The van der Waals surface area contributed by atoms with Crippen LogP contribution in [0.15, 0.2) is 18.2 Å². The first-order chi connectivity index (χ1) is 8.41. The molecule has 0 N–H and O–H groups in total. The molecule has 18 heavy (non-hydrogen) atoms. The minimum atomic E-state index is -3.53. The maximum absolute atomic E-state index is 11.6. The molecule has 0 fully saturated rings. The van der Waals surface area contributed by atoms with Gasteiger partial charge in [-0.15, -0.1) is 11.6 Å². The highest BCUT2D eigenvalue weighted by molar-refractivity contribution is 7.48. The molecule has 0 aliphatic rings. The summed E-state index contributed by atoms with van der Waals surface area (Å²) in [6.07, 6.45) is 0. The van der Waals surface area contributed by atoms with Crippen LogP contribution in [0.3, 0.4) is 0 Å². The number of hydrogen-bond donors (Lipinski definition) is 0. The van der Waals surface area contributed by atoms with E-state index in [9.17, 15) is 4.57 Å². The molecule has 102 valence electrons. The Hall–Kier alpha value is 0.200. The van der Waals surface area contributed by atoms with E-state index in [0.29, 0.717) is 15.6 Å². The lowest BCUT2D eigenvalue weighted by molar-refractivity contribution is 0.152. The molecule has 0 aromatic heterocycles. The highest BCUT2D eigenvalue weighted by Gasteiger charge is 2.25. The van der Waals surface area contributed by atoms with Crippen molar-refractivity contribution in [3.05, 3.63) is 33.8 Å². The number of alkyl halides is 1. The predicted octanol–water partition coefficient (Wildman–Crippen LogP) is 4.69. The summed E-state index contributed by atoms with van der Waals surface area (Å²) < 4.78 is 25.9. The van der Waals surface area contributed by atoms with E-state index in [-0.39, 0.29) is 6.61 Å². The second-order valence-electron chi connectivity index (χ2n) is 3.24. The van der Waals surface area contributed by atoms with E-state index in [1.807, 2.05) is 0 Å². The van der Waals surface area contributed by atoms with Gasteiger partial charge in [0.1, 0.15) is 0 Å². The molecule has 0 amide bonds. The maximum atomic E-state index is 11.6. The predicted molar refractivity (Wildman–Crippen MR) is 72.6 cm³/mol. The molecular weight excluding hydrogens is 321 g/mol. The molecule has 0 saturated heterocycles. The van der Waals surface area contributed by atoms with Gasteiger partial charge < -0.3 is 0 Å². The van der Waals surface area contributed by atoms with Gasteiger partial charge >= 0.3 is 7.82 Å². The second kappa shape index (κ2) is 7.11. The minimum Gasteiger partial charge on any atom is -0.290 e. The molecule has 0 saturated carbocycles. The number of phosphoric ester groups is 1. The fourth-order valence-electron chi connectivity index (χ4n) is 1.18. The van der Waals surface area contributed by atoms with Gasteiger partial charge in [-0.2, -0.15) is 0 Å². The second-order valence-corrected chi connectivity index (χ2v) is 6.49. The zero-order chi connectivity index (χ0) is 13.8. The van der Waals surface area contributed by atoms with Crippen LogP contribution in [-0.2, 0) is 18.1 Å². The van der Waals surface area contributed by atoms with Gasteiger partial charge in [-0.1, -0.05) is 29.3 Å². The lowest BCUT2D eigenvalue weighted by Crippen LogP contribution is -2.03. The van der Waals surface area contributed by atoms with Crippen LogP contribution in [0.2, 0.25) is 10.0 Å². The molecule has 1 aromatic carbocycles. The topological polar surface area (TPSA) is 44.8 Å². The van der Waals surface area contributed by atoms with Crippen molar-refractivity contribution in [1.29, 1.82) is 0 Å². The van der Waals surface area contributed by atoms with E-state index < -0.39 is 13.2 Å². The van der Waals surface area contributed by atoms with E-state index in [1.54, 1.807) is 18.2 Å². The van der Waals surface area contributed by atoms with Crippen LogP contribution in [0.1, 0.15) is 10.9 Å². The summed E-state index contributed by atoms with van der Waals surface area (Å²) in [5.41, 5.74) is 0.626. The van der Waals surface area contributed by atoms with Crippen molar-refractivity contribution in [3.8, 4) is 0 Å². The Kier molecular flexibility index (Phi) is 6.42. The number of phosphoric acid groups is 1. The lowest BCUT2D eigenvalue weighted by Gasteiger charge is -2.16. The first-order valence-corrected chi connectivity index (χ1v) is 7.52. The maximum Gasteiger partial charge on any atom is 0.474 e. The fraction of sp³-hybridized carbons (Fsp3) is 0.400. The first-order valence-electron chi connectivity index (χ1n) is 4.87. The van der Waals surface area contributed by atoms with Crippen LogP contribution in [0, 0.1) is 0 Å². The molecule has 1 atom stereocenters. The quantitative estimate of drug-likeness (QED) is 0.559. The molecule has 0 spiro atoms. The van der Waals surface area contributed by atoms with Crippen LogP contribution in [-0.4, -0.2) is 20.8 Å². The van der Waals surface area contributed by atoms with Gasteiger partial charge in [0.05, 0.1) is 12.0 Å². The van der Waals surface area contributed by atoms with Crippen molar-refractivity contribution in [2.45, 2.75) is 5.38 Å². The average Bonchev–Trinajstić information content (AvgIpc) is 2.35. The summed E-state index contributed by atoms with van der Waals surface area (Å²) in [5, 5.41) is 0.331. The van der Waals surface area contributed by atoms with Gasteiger partial charge in [-0.25, -0.2) is 4.57 Å². The van der Waals surface area contributed by atoms with Crippen molar-refractivity contribution in [1.82, 2.24) is 0 Å². The standard InChI is InChI=1S/C10H12Cl3O4P/c1-15-18(14,16-2)17-6-10(13)8-4-3-7(11)5-9(8)12/h3-5,10H,6H2,1-2H3/t10-/m1/s1. The summed E-state index contributed by atoms with van der Waals surface area (Å²) >= 11 is 17.9. The van der Waals surface area contributed by atoms with Crippen LogP contribution in [0.5, 0.6) is 0 Å². The molecule has 0 heterocycles. The molecule has 0 bridgehead atoms. The van der Waals surface area contributed by atoms with Gasteiger partial charge in [0.2, 0.25) is 0 Å². The SMILES string of the molecule is COP(=O)(OC)OC[C@@H](Cl)c1ccc(Cl)cc1Cl. The van der Waals surface area contributed by atoms with Crippen LogP contribution in [0.4, 0.5) is 0 Å². The Morgan fingerprint density at radius 3 is 2.39 bits per heavy atom. The first kappa shape index (κ1) is 16.3. The van der Waals surface area contributed by atoms with Crippen LogP contribution >= 0.6 is 42.6 Å². The van der Waals surface area contributed by atoms with Crippen molar-refractivity contribution in [2.24, 2.45) is 0 Å². The summed E-state index contributed by atoms with van der Waals surface area (Å²) in [6, 6.07) is 4.90. The largest absolute Gasteiger partial charge is 0.474 e. The summed E-state index contributed by atoms with van der Waals surface area (Å²) in [5.74, 6) is 0. The third kappa shape index (κ3) is 4.39. The smallest absolute Gasteiger partial charge is 0.290 e. The van der Waals surface area contributed by atoms with Gasteiger partial charge in [0, 0.05) is 24.3 Å². The minimum absolute atomic E-state index is 0.0676. The summed E-state index contributed by atoms with van der Waals surface area (Å²) in [4.78, 5) is 0. The molecule has 4 nitrogen and oxygen atoms in total. The third-order valence-corrected chi connectivity index (χ3v) is 4.41. The van der Waals surface area contributed by atoms with E-state index in [0.717, 1.165) is 0 Å². The molecule has 0 unspecified atom stereocenters. The molecule has 0 radical (unpaired) electrons. The summed E-state index contributed by atoms with van der Waals surface area (Å²) in [6.45, 7) is -0.0676. The molecule has 1 aromatic rings. The van der Waals surface area contributed by atoms with Crippen molar-refractivity contribution in [3.63, 3.8) is 0 Å². The average molecular weight is 334 g/mol. The van der Waals surface area contributed by atoms with E-state index in [2.05, 4.69) is 9.05 Å². The normalized spacial score (nSPS) is 13.6. The van der Waals surface area contributed by atoms with Crippen molar-refractivity contribution in [2.75, 3.05) is 20.8 Å². The van der Waals surface area contributed by atoms with Crippen LogP contribution < -0.4 is 0 Å². The highest BCUT2D eigenvalue weighted by Crippen LogP contribution is 2.48. The van der Waals surface area contributed by atoms with Gasteiger partial charge in [0.25, 0.3) is 0 Å². The Morgan fingerprint density at radius 1 is 1.28 bits per heavy atom. The van der Waals surface area contributed by atoms with Crippen molar-refractivity contribution < 1.29 is 18.1 Å². The van der Waals surface area contributed by atoms with E-state index in [4.69, 9.17) is 39.3 Å². The van der Waals surface area contributed by atoms with E-state index >= 15 is 0 Å². The van der Waals surface area contributed by atoms with Gasteiger partial charge in [-0.3, -0.25) is 13.6 Å². The Morgan fingerprint density at radius 2 is 1.89 bits per heavy atom. The lowest BCUT2D eigenvalue weighted by atomic mass is 10.1. The molecule has 0 aliphatic heterocycles. The monoisotopic (exact) mass is 332 g/mol. The molecule has 8 heteroatoms. The zero-order valence-corrected chi connectivity index (χ0v) is 12.9. The summed E-state index contributed by atoms with van der Waals surface area (Å²) in [7, 11) is -1.08. The Bertz CT molecular complexity index is 447. The van der Waals surface area contributed by atoms with Crippen molar-refractivity contribution >= 4 is 42.6 Å². The molecule has 0 aliphatic carbocycles. The Labute approximate surface area is 121 Å².